The molecule has 0 aliphatic carbocycles. The van der Waals surface area contributed by atoms with Crippen LogP contribution in [0.15, 0.2) is 42.6 Å². The van der Waals surface area contributed by atoms with E-state index in [4.69, 9.17) is 22.2 Å². The molecule has 2 aromatic rings. The summed E-state index contributed by atoms with van der Waals surface area (Å²) in [4.78, 5) is 3.97. The molecule has 0 saturated carbocycles. The van der Waals surface area contributed by atoms with Crippen LogP contribution in [0.3, 0.4) is 0 Å². The lowest BCUT2D eigenvalue weighted by atomic mass is 10.0. The SMILES string of the molecule is COc1cccc(CC(NN)c2ccnc(Cl)c2)c1. The van der Waals surface area contributed by atoms with Crippen LogP contribution < -0.4 is 16.0 Å². The molecule has 1 heterocycles. The Morgan fingerprint density at radius 3 is 2.89 bits per heavy atom. The fraction of sp³-hybridized carbons (Fsp3) is 0.214. The van der Waals surface area contributed by atoms with Crippen LogP contribution in [-0.2, 0) is 6.42 Å². The third kappa shape index (κ3) is 3.67. The normalized spacial score (nSPS) is 12.2. The maximum atomic E-state index is 5.90. The third-order valence-corrected chi connectivity index (χ3v) is 3.13. The monoisotopic (exact) mass is 277 g/mol. The molecule has 0 fully saturated rings. The van der Waals surface area contributed by atoms with E-state index in [1.165, 1.54) is 0 Å². The molecule has 4 nitrogen and oxygen atoms in total. The first kappa shape index (κ1) is 13.8. The number of hydrazine groups is 1. The lowest BCUT2D eigenvalue weighted by molar-refractivity contribution is 0.414. The Morgan fingerprint density at radius 1 is 1.37 bits per heavy atom. The summed E-state index contributed by atoms with van der Waals surface area (Å²) in [5.41, 5.74) is 4.94. The largest absolute Gasteiger partial charge is 0.497 e. The summed E-state index contributed by atoms with van der Waals surface area (Å²) in [6.07, 6.45) is 2.42. The number of hydrogen-bond donors (Lipinski definition) is 2. The standard InChI is InChI=1S/C14H16ClN3O/c1-19-12-4-2-3-10(7-12)8-13(18-16)11-5-6-17-14(15)9-11/h2-7,9,13,18H,8,16H2,1H3. The lowest BCUT2D eigenvalue weighted by Crippen LogP contribution is -2.29. The number of methoxy groups -OCH3 is 1. The van der Waals surface area contributed by atoms with Crippen LogP contribution in [0, 0.1) is 0 Å². The highest BCUT2D eigenvalue weighted by molar-refractivity contribution is 6.29. The zero-order valence-electron chi connectivity index (χ0n) is 10.6. The number of nitrogens with one attached hydrogen (secondary N) is 1. The van der Waals surface area contributed by atoms with Crippen molar-refractivity contribution in [2.24, 2.45) is 5.84 Å². The molecule has 1 unspecified atom stereocenters. The molecule has 0 bridgehead atoms. The molecule has 0 spiro atoms. The van der Waals surface area contributed by atoms with Gasteiger partial charge >= 0.3 is 0 Å². The van der Waals surface area contributed by atoms with Gasteiger partial charge in [-0.2, -0.15) is 0 Å². The summed E-state index contributed by atoms with van der Waals surface area (Å²) in [5.74, 6) is 6.46. The van der Waals surface area contributed by atoms with E-state index in [0.29, 0.717) is 5.15 Å². The van der Waals surface area contributed by atoms with E-state index in [1.807, 2.05) is 36.4 Å². The first-order valence-corrected chi connectivity index (χ1v) is 6.31. The summed E-state index contributed by atoms with van der Waals surface area (Å²) >= 11 is 5.90. The molecule has 3 N–H and O–H groups in total. The van der Waals surface area contributed by atoms with Gasteiger partial charge in [-0.05, 0) is 41.8 Å². The molecule has 0 amide bonds. The maximum Gasteiger partial charge on any atom is 0.129 e. The Kier molecular flexibility index (Phi) is 4.74. The van der Waals surface area contributed by atoms with Gasteiger partial charge in [0.2, 0.25) is 0 Å². The second-order valence-electron chi connectivity index (χ2n) is 4.19. The van der Waals surface area contributed by atoms with Crippen molar-refractivity contribution < 1.29 is 4.74 Å². The predicted octanol–water partition coefficient (Wildman–Crippen LogP) is 2.49. The second-order valence-corrected chi connectivity index (χ2v) is 4.57. The summed E-state index contributed by atoms with van der Waals surface area (Å²) in [7, 11) is 1.65. The third-order valence-electron chi connectivity index (χ3n) is 2.93. The Bertz CT molecular complexity index is 548. The predicted molar refractivity (Wildman–Crippen MR) is 76.0 cm³/mol. The number of rotatable bonds is 5. The van der Waals surface area contributed by atoms with Crippen molar-refractivity contribution in [2.75, 3.05) is 7.11 Å². The summed E-state index contributed by atoms with van der Waals surface area (Å²) < 4.78 is 5.21. The van der Waals surface area contributed by atoms with Crippen molar-refractivity contribution in [2.45, 2.75) is 12.5 Å². The van der Waals surface area contributed by atoms with Crippen molar-refractivity contribution >= 4 is 11.6 Å². The number of benzene rings is 1. The number of nitrogens with zero attached hydrogens (tertiary/aromatic N) is 1. The van der Waals surface area contributed by atoms with Gasteiger partial charge in [0.1, 0.15) is 10.9 Å². The van der Waals surface area contributed by atoms with E-state index in [2.05, 4.69) is 10.4 Å². The smallest absolute Gasteiger partial charge is 0.129 e. The number of ether oxygens (including phenoxy) is 1. The van der Waals surface area contributed by atoms with Gasteiger partial charge in [-0.25, -0.2) is 4.98 Å². The molecular formula is C14H16ClN3O. The second kappa shape index (κ2) is 6.52. The molecular weight excluding hydrogens is 262 g/mol. The Hall–Kier alpha value is -1.62. The van der Waals surface area contributed by atoms with E-state index < -0.39 is 0 Å². The van der Waals surface area contributed by atoms with Gasteiger partial charge in [-0.1, -0.05) is 23.7 Å². The van der Waals surface area contributed by atoms with Gasteiger partial charge in [0.15, 0.2) is 0 Å². The Labute approximate surface area is 117 Å². The number of aromatic nitrogens is 1. The molecule has 0 saturated heterocycles. The van der Waals surface area contributed by atoms with E-state index in [9.17, 15) is 0 Å². The van der Waals surface area contributed by atoms with Gasteiger partial charge in [0, 0.05) is 6.20 Å². The highest BCUT2D eigenvalue weighted by Gasteiger charge is 2.11. The number of pyridine rings is 1. The van der Waals surface area contributed by atoms with Crippen LogP contribution in [0.25, 0.3) is 0 Å². The highest BCUT2D eigenvalue weighted by atomic mass is 35.5. The molecule has 100 valence electrons. The Balaban J connectivity index is 2.18. The van der Waals surface area contributed by atoms with E-state index in [-0.39, 0.29) is 6.04 Å². The fourth-order valence-corrected chi connectivity index (χ4v) is 2.12. The van der Waals surface area contributed by atoms with Crippen molar-refractivity contribution in [3.8, 4) is 5.75 Å². The highest BCUT2D eigenvalue weighted by Crippen LogP contribution is 2.21. The van der Waals surface area contributed by atoms with Crippen LogP contribution >= 0.6 is 11.6 Å². The van der Waals surface area contributed by atoms with Crippen molar-refractivity contribution in [1.82, 2.24) is 10.4 Å². The summed E-state index contributed by atoms with van der Waals surface area (Å²) in [6, 6.07) is 11.6. The zero-order chi connectivity index (χ0) is 13.7. The van der Waals surface area contributed by atoms with Crippen molar-refractivity contribution in [1.29, 1.82) is 0 Å². The van der Waals surface area contributed by atoms with Gasteiger partial charge in [-0.15, -0.1) is 0 Å². The van der Waals surface area contributed by atoms with E-state index in [0.717, 1.165) is 23.3 Å². The molecule has 1 aromatic carbocycles. The number of halogens is 1. The first-order chi connectivity index (χ1) is 9.22. The number of hydrogen-bond acceptors (Lipinski definition) is 4. The van der Waals surface area contributed by atoms with E-state index in [1.54, 1.807) is 13.3 Å². The summed E-state index contributed by atoms with van der Waals surface area (Å²) in [6.45, 7) is 0. The lowest BCUT2D eigenvalue weighted by Gasteiger charge is -2.16. The van der Waals surface area contributed by atoms with Crippen LogP contribution in [0.5, 0.6) is 5.75 Å². The van der Waals surface area contributed by atoms with Gasteiger partial charge in [0.05, 0.1) is 13.2 Å². The Morgan fingerprint density at radius 2 is 2.21 bits per heavy atom. The molecule has 0 radical (unpaired) electrons. The minimum atomic E-state index is -0.0207. The van der Waals surface area contributed by atoms with Gasteiger partial charge < -0.3 is 4.74 Å². The topological polar surface area (TPSA) is 60.2 Å². The van der Waals surface area contributed by atoms with Crippen LogP contribution in [0.2, 0.25) is 5.15 Å². The van der Waals surface area contributed by atoms with Crippen LogP contribution in [-0.4, -0.2) is 12.1 Å². The van der Waals surface area contributed by atoms with Crippen molar-refractivity contribution in [3.05, 3.63) is 58.9 Å². The van der Waals surface area contributed by atoms with Crippen LogP contribution in [0.1, 0.15) is 17.2 Å². The molecule has 0 aliphatic heterocycles. The molecule has 0 aliphatic rings. The quantitative estimate of drug-likeness (QED) is 0.501. The maximum absolute atomic E-state index is 5.90. The minimum absolute atomic E-state index is 0.0207. The van der Waals surface area contributed by atoms with Crippen molar-refractivity contribution in [3.63, 3.8) is 0 Å². The first-order valence-electron chi connectivity index (χ1n) is 5.93. The molecule has 2 rings (SSSR count). The van der Waals surface area contributed by atoms with Gasteiger partial charge in [0.25, 0.3) is 0 Å². The van der Waals surface area contributed by atoms with E-state index >= 15 is 0 Å². The average Bonchev–Trinajstić information content (AvgIpc) is 2.45. The molecule has 19 heavy (non-hydrogen) atoms. The molecule has 1 atom stereocenters. The van der Waals surface area contributed by atoms with Gasteiger partial charge in [-0.3, -0.25) is 11.3 Å². The molecule has 1 aromatic heterocycles. The average molecular weight is 278 g/mol. The minimum Gasteiger partial charge on any atom is -0.497 e. The molecule has 5 heteroatoms. The summed E-state index contributed by atoms with van der Waals surface area (Å²) in [5, 5.41) is 0.461. The zero-order valence-corrected chi connectivity index (χ0v) is 11.4. The van der Waals surface area contributed by atoms with Crippen LogP contribution in [0.4, 0.5) is 0 Å². The number of nitrogens with two attached hydrogens (primary N) is 1. The fourth-order valence-electron chi connectivity index (χ4n) is 1.94.